The van der Waals surface area contributed by atoms with E-state index in [4.69, 9.17) is 27.9 Å². The summed E-state index contributed by atoms with van der Waals surface area (Å²) in [5.74, 6) is -0.137. The molecule has 0 atom stereocenters. The van der Waals surface area contributed by atoms with Crippen LogP contribution in [0.5, 0.6) is 5.75 Å². The van der Waals surface area contributed by atoms with Crippen molar-refractivity contribution in [2.24, 2.45) is 0 Å². The average molecular weight is 316 g/mol. The van der Waals surface area contributed by atoms with Gasteiger partial charge in [0.1, 0.15) is 23.2 Å². The van der Waals surface area contributed by atoms with Crippen molar-refractivity contribution in [1.82, 2.24) is 0 Å². The van der Waals surface area contributed by atoms with Crippen LogP contribution in [0.2, 0.25) is 10.0 Å². The Labute approximate surface area is 123 Å². The van der Waals surface area contributed by atoms with E-state index in [1.807, 2.05) is 0 Å². The molecule has 0 N–H and O–H groups in total. The summed E-state index contributed by atoms with van der Waals surface area (Å²) in [7, 11) is 0. The van der Waals surface area contributed by atoms with Gasteiger partial charge in [-0.25, -0.2) is 4.39 Å². The summed E-state index contributed by atoms with van der Waals surface area (Å²) in [5.41, 5.74) is 0.0694. The molecular weight excluding hydrogens is 308 g/mol. The quantitative estimate of drug-likeness (QED) is 0.611. The summed E-state index contributed by atoms with van der Waals surface area (Å²) in [5, 5.41) is 11.0. The first kappa shape index (κ1) is 14.6. The zero-order chi connectivity index (χ0) is 14.7. The fourth-order valence-electron chi connectivity index (χ4n) is 1.54. The molecule has 2 rings (SSSR count). The van der Waals surface area contributed by atoms with Crippen LogP contribution < -0.4 is 4.74 Å². The lowest BCUT2D eigenvalue weighted by Gasteiger charge is -2.08. The second kappa shape index (κ2) is 6.07. The molecular formula is C13H8Cl2FNO3. The van der Waals surface area contributed by atoms with Gasteiger partial charge in [-0.3, -0.25) is 10.1 Å². The summed E-state index contributed by atoms with van der Waals surface area (Å²) in [6.45, 7) is -0.0550. The Hall–Kier alpha value is -1.85. The van der Waals surface area contributed by atoms with E-state index in [0.29, 0.717) is 10.8 Å². The Morgan fingerprint density at radius 2 is 1.95 bits per heavy atom. The molecule has 0 saturated carbocycles. The maximum absolute atomic E-state index is 13.5. The Bertz CT molecular complexity index is 664. The molecule has 2 aromatic rings. The Balaban J connectivity index is 2.13. The van der Waals surface area contributed by atoms with Gasteiger partial charge in [0, 0.05) is 22.7 Å². The molecule has 0 fully saturated rings. The third-order valence-electron chi connectivity index (χ3n) is 2.52. The molecule has 0 saturated heterocycles. The van der Waals surface area contributed by atoms with Crippen molar-refractivity contribution in [3.8, 4) is 5.75 Å². The lowest BCUT2D eigenvalue weighted by Crippen LogP contribution is -1.99. The Morgan fingerprint density at radius 1 is 1.20 bits per heavy atom. The number of nitrogens with zero attached hydrogens (tertiary/aromatic N) is 1. The van der Waals surface area contributed by atoms with Gasteiger partial charge in [-0.15, -0.1) is 0 Å². The first-order valence-corrected chi connectivity index (χ1v) is 6.23. The molecule has 4 nitrogen and oxygen atoms in total. The summed E-state index contributed by atoms with van der Waals surface area (Å²) in [6.07, 6.45) is 0. The standard InChI is InChI=1S/C13H8Cl2FNO3/c14-9-1-3-12(16)8(5-9)7-20-10-2-4-13(17(18)19)11(15)6-10/h1-6H,7H2. The van der Waals surface area contributed by atoms with Crippen molar-refractivity contribution < 1.29 is 14.1 Å². The molecule has 0 aromatic heterocycles. The number of benzene rings is 2. The molecule has 2 aromatic carbocycles. The molecule has 0 heterocycles. The summed E-state index contributed by atoms with van der Waals surface area (Å²) < 4.78 is 18.8. The smallest absolute Gasteiger partial charge is 0.288 e. The summed E-state index contributed by atoms with van der Waals surface area (Å²) in [4.78, 5) is 10.0. The van der Waals surface area contributed by atoms with E-state index in [-0.39, 0.29) is 22.9 Å². The van der Waals surface area contributed by atoms with Crippen LogP contribution in [0.25, 0.3) is 0 Å². The minimum Gasteiger partial charge on any atom is -0.489 e. The molecule has 0 radical (unpaired) electrons. The normalized spacial score (nSPS) is 10.3. The summed E-state index contributed by atoms with van der Waals surface area (Å²) in [6, 6.07) is 8.05. The molecule has 0 bridgehead atoms. The molecule has 104 valence electrons. The number of halogens is 3. The number of ether oxygens (including phenoxy) is 1. The first-order valence-electron chi connectivity index (χ1n) is 5.48. The van der Waals surface area contributed by atoms with Gasteiger partial charge in [-0.2, -0.15) is 0 Å². The predicted molar refractivity (Wildman–Crippen MR) is 73.8 cm³/mol. The number of nitro groups is 1. The van der Waals surface area contributed by atoms with E-state index in [1.54, 1.807) is 0 Å². The van der Waals surface area contributed by atoms with Crippen molar-refractivity contribution in [3.63, 3.8) is 0 Å². The lowest BCUT2D eigenvalue weighted by atomic mass is 10.2. The lowest BCUT2D eigenvalue weighted by molar-refractivity contribution is -0.384. The van der Waals surface area contributed by atoms with Gasteiger partial charge in [-0.05, 0) is 24.3 Å². The molecule has 20 heavy (non-hydrogen) atoms. The zero-order valence-electron chi connectivity index (χ0n) is 9.98. The third-order valence-corrected chi connectivity index (χ3v) is 3.06. The van der Waals surface area contributed by atoms with Crippen LogP contribution >= 0.6 is 23.2 Å². The zero-order valence-corrected chi connectivity index (χ0v) is 11.5. The van der Waals surface area contributed by atoms with Crippen molar-refractivity contribution in [2.75, 3.05) is 0 Å². The van der Waals surface area contributed by atoms with Gasteiger partial charge in [0.15, 0.2) is 0 Å². The maximum atomic E-state index is 13.5. The monoisotopic (exact) mass is 315 g/mol. The van der Waals surface area contributed by atoms with Crippen LogP contribution in [0.4, 0.5) is 10.1 Å². The number of hydrogen-bond donors (Lipinski definition) is 0. The van der Waals surface area contributed by atoms with E-state index in [2.05, 4.69) is 0 Å². The number of nitro benzene ring substituents is 1. The highest BCUT2D eigenvalue weighted by atomic mass is 35.5. The molecule has 0 aliphatic rings. The third kappa shape index (κ3) is 3.37. The van der Waals surface area contributed by atoms with Crippen LogP contribution in [-0.4, -0.2) is 4.92 Å². The highest BCUT2D eigenvalue weighted by molar-refractivity contribution is 6.32. The van der Waals surface area contributed by atoms with Crippen LogP contribution in [0.1, 0.15) is 5.56 Å². The molecule has 7 heteroatoms. The fourth-order valence-corrected chi connectivity index (χ4v) is 1.97. The van der Waals surface area contributed by atoms with Gasteiger partial charge < -0.3 is 4.74 Å². The first-order chi connectivity index (χ1) is 9.47. The van der Waals surface area contributed by atoms with Gasteiger partial charge in [0.25, 0.3) is 5.69 Å². The number of rotatable bonds is 4. The topological polar surface area (TPSA) is 52.4 Å². The van der Waals surface area contributed by atoms with Crippen LogP contribution in [0, 0.1) is 15.9 Å². The van der Waals surface area contributed by atoms with E-state index in [0.717, 1.165) is 0 Å². The van der Waals surface area contributed by atoms with Crippen LogP contribution in [0.15, 0.2) is 36.4 Å². The molecule has 0 unspecified atom stereocenters. The van der Waals surface area contributed by atoms with Crippen molar-refractivity contribution >= 4 is 28.9 Å². The van der Waals surface area contributed by atoms with E-state index < -0.39 is 10.7 Å². The Morgan fingerprint density at radius 3 is 2.60 bits per heavy atom. The maximum Gasteiger partial charge on any atom is 0.288 e. The van der Waals surface area contributed by atoms with Crippen molar-refractivity contribution in [1.29, 1.82) is 0 Å². The van der Waals surface area contributed by atoms with Gasteiger partial charge in [0.05, 0.1) is 4.92 Å². The molecule has 0 spiro atoms. The van der Waals surface area contributed by atoms with E-state index in [9.17, 15) is 14.5 Å². The SMILES string of the molecule is O=[N+]([O-])c1ccc(OCc2cc(Cl)ccc2F)cc1Cl. The van der Waals surface area contributed by atoms with E-state index >= 15 is 0 Å². The molecule has 0 aliphatic heterocycles. The highest BCUT2D eigenvalue weighted by Crippen LogP contribution is 2.29. The molecule has 0 amide bonds. The van der Waals surface area contributed by atoms with Gasteiger partial charge in [0.2, 0.25) is 0 Å². The average Bonchev–Trinajstić information content (AvgIpc) is 2.39. The van der Waals surface area contributed by atoms with Crippen molar-refractivity contribution in [3.05, 3.63) is 67.9 Å². The highest BCUT2D eigenvalue weighted by Gasteiger charge is 2.13. The molecule has 0 aliphatic carbocycles. The summed E-state index contributed by atoms with van der Waals surface area (Å²) >= 11 is 11.5. The van der Waals surface area contributed by atoms with Gasteiger partial charge in [-0.1, -0.05) is 23.2 Å². The minimum absolute atomic E-state index is 0.0425. The van der Waals surface area contributed by atoms with Crippen molar-refractivity contribution in [2.45, 2.75) is 6.61 Å². The fraction of sp³-hybridized carbons (Fsp3) is 0.0769. The minimum atomic E-state index is -0.594. The second-order valence-electron chi connectivity index (χ2n) is 3.89. The second-order valence-corrected chi connectivity index (χ2v) is 4.74. The van der Waals surface area contributed by atoms with Crippen LogP contribution in [0.3, 0.4) is 0 Å². The predicted octanol–water partition coefficient (Wildman–Crippen LogP) is 4.62. The van der Waals surface area contributed by atoms with Gasteiger partial charge >= 0.3 is 0 Å². The van der Waals surface area contributed by atoms with Crippen LogP contribution in [-0.2, 0) is 6.61 Å². The van der Waals surface area contributed by atoms with E-state index in [1.165, 1.54) is 36.4 Å². The largest absolute Gasteiger partial charge is 0.489 e. The Kier molecular flexibility index (Phi) is 4.42. The number of hydrogen-bond acceptors (Lipinski definition) is 3.